The molecule has 1 aliphatic heterocycles. The van der Waals surface area contributed by atoms with E-state index in [0.29, 0.717) is 13.1 Å². The van der Waals surface area contributed by atoms with Crippen molar-refractivity contribution in [3.63, 3.8) is 0 Å². The summed E-state index contributed by atoms with van der Waals surface area (Å²) in [5.74, 6) is -0.119. The number of amides is 1. The van der Waals surface area contributed by atoms with Crippen LogP contribution in [0.1, 0.15) is 43.0 Å². The van der Waals surface area contributed by atoms with Gasteiger partial charge in [0.05, 0.1) is 0 Å². The summed E-state index contributed by atoms with van der Waals surface area (Å²) in [6.45, 7) is 6.98. The number of piperidine rings is 1. The van der Waals surface area contributed by atoms with Crippen molar-refractivity contribution in [1.29, 1.82) is 0 Å². The third-order valence-electron chi connectivity index (χ3n) is 3.53. The molecule has 20 heavy (non-hydrogen) atoms. The van der Waals surface area contributed by atoms with Crippen LogP contribution in [0.4, 0.5) is 0 Å². The Bertz CT molecular complexity index is 633. The van der Waals surface area contributed by atoms with Gasteiger partial charge in [-0.05, 0) is 25.2 Å². The maximum absolute atomic E-state index is 12.4. The Morgan fingerprint density at radius 2 is 2.10 bits per heavy atom. The zero-order valence-corrected chi connectivity index (χ0v) is 13.3. The van der Waals surface area contributed by atoms with Crippen molar-refractivity contribution in [3.8, 4) is 0 Å². The molecule has 0 saturated carbocycles. The number of rotatable bonds is 2. The quantitative estimate of drug-likeness (QED) is 0.786. The minimum Gasteiger partial charge on any atom is -0.455 e. The second-order valence-corrected chi connectivity index (χ2v) is 8.50. The first-order valence-electron chi connectivity index (χ1n) is 6.44. The lowest BCUT2D eigenvalue weighted by atomic mass is 9.84. The molecular formula is C13H18ClNO4S. The zero-order chi connectivity index (χ0) is 15.1. The Balaban J connectivity index is 2.26. The van der Waals surface area contributed by atoms with Crippen LogP contribution in [-0.2, 0) is 9.05 Å². The number of hydrogen-bond acceptors (Lipinski definition) is 4. The van der Waals surface area contributed by atoms with Gasteiger partial charge < -0.3 is 9.32 Å². The first-order chi connectivity index (χ1) is 9.10. The Labute approximate surface area is 123 Å². The van der Waals surface area contributed by atoms with Crippen molar-refractivity contribution in [3.05, 3.63) is 17.6 Å². The van der Waals surface area contributed by atoms with Crippen LogP contribution in [0.15, 0.2) is 15.4 Å². The summed E-state index contributed by atoms with van der Waals surface area (Å²) >= 11 is 0. The predicted octanol–water partition coefficient (Wildman–Crippen LogP) is 2.78. The molecule has 112 valence electrons. The average molecular weight is 320 g/mol. The van der Waals surface area contributed by atoms with Gasteiger partial charge in [-0.15, -0.1) is 0 Å². The lowest BCUT2D eigenvalue weighted by Gasteiger charge is -2.37. The third-order valence-corrected chi connectivity index (χ3v) is 4.96. The van der Waals surface area contributed by atoms with E-state index in [1.165, 1.54) is 13.0 Å². The molecule has 1 aromatic rings. The van der Waals surface area contributed by atoms with Gasteiger partial charge in [-0.25, -0.2) is 8.42 Å². The minimum absolute atomic E-state index is 0.0272. The number of carbonyl (C=O) groups is 1. The highest BCUT2D eigenvalue weighted by Crippen LogP contribution is 2.30. The van der Waals surface area contributed by atoms with Gasteiger partial charge in [-0.2, -0.15) is 0 Å². The molecule has 2 heterocycles. The molecule has 0 aliphatic carbocycles. The summed E-state index contributed by atoms with van der Waals surface area (Å²) < 4.78 is 28.0. The van der Waals surface area contributed by atoms with Gasteiger partial charge in [-0.3, -0.25) is 4.79 Å². The largest absolute Gasteiger partial charge is 0.455 e. The van der Waals surface area contributed by atoms with Gasteiger partial charge in [0.15, 0.2) is 5.76 Å². The summed E-state index contributed by atoms with van der Waals surface area (Å²) in [7, 11) is 1.41. The SMILES string of the molecule is Cc1oc(C(=O)N2CCCC(C)(C)C2)cc1S(=O)(=O)Cl. The van der Waals surface area contributed by atoms with E-state index in [-0.39, 0.29) is 27.7 Å². The number of nitrogens with zero attached hydrogens (tertiary/aromatic N) is 1. The third kappa shape index (κ3) is 3.17. The number of likely N-dealkylation sites (tertiary alicyclic amines) is 1. The number of furan rings is 1. The Morgan fingerprint density at radius 1 is 1.45 bits per heavy atom. The molecular weight excluding hydrogens is 302 g/mol. The molecule has 5 nitrogen and oxygen atoms in total. The van der Waals surface area contributed by atoms with Crippen LogP contribution >= 0.6 is 10.7 Å². The standard InChI is InChI=1S/C13H18ClNO4S/c1-9-11(20(14,17)18)7-10(19-9)12(16)15-6-4-5-13(2,3)8-15/h7H,4-6,8H2,1-3H3. The Morgan fingerprint density at radius 3 is 2.60 bits per heavy atom. The van der Waals surface area contributed by atoms with E-state index in [4.69, 9.17) is 15.1 Å². The van der Waals surface area contributed by atoms with Gasteiger partial charge in [0.25, 0.3) is 15.0 Å². The van der Waals surface area contributed by atoms with E-state index >= 15 is 0 Å². The number of hydrogen-bond donors (Lipinski definition) is 0. The average Bonchev–Trinajstić information content (AvgIpc) is 2.68. The van der Waals surface area contributed by atoms with E-state index in [0.717, 1.165) is 12.8 Å². The fourth-order valence-corrected chi connectivity index (χ4v) is 3.66. The normalized spacial score (nSPS) is 19.1. The molecule has 2 rings (SSSR count). The molecule has 0 aromatic carbocycles. The smallest absolute Gasteiger partial charge is 0.289 e. The molecule has 7 heteroatoms. The van der Waals surface area contributed by atoms with Crippen molar-refractivity contribution >= 4 is 25.6 Å². The molecule has 1 fully saturated rings. The molecule has 0 bridgehead atoms. The van der Waals surface area contributed by atoms with Crippen LogP contribution in [-0.4, -0.2) is 32.3 Å². The number of aryl methyl sites for hydroxylation is 1. The first-order valence-corrected chi connectivity index (χ1v) is 8.75. The van der Waals surface area contributed by atoms with Crippen molar-refractivity contribution in [2.45, 2.75) is 38.5 Å². The van der Waals surface area contributed by atoms with Crippen LogP contribution in [0, 0.1) is 12.3 Å². The Kier molecular flexibility index (Phi) is 3.90. The van der Waals surface area contributed by atoms with E-state index in [2.05, 4.69) is 13.8 Å². The number of carbonyl (C=O) groups excluding carboxylic acids is 1. The molecule has 1 aromatic heterocycles. The lowest BCUT2D eigenvalue weighted by Crippen LogP contribution is -2.43. The summed E-state index contributed by atoms with van der Waals surface area (Å²) in [5, 5.41) is 0. The zero-order valence-electron chi connectivity index (χ0n) is 11.8. The highest BCUT2D eigenvalue weighted by molar-refractivity contribution is 8.13. The summed E-state index contributed by atoms with van der Waals surface area (Å²) in [6.07, 6.45) is 1.99. The highest BCUT2D eigenvalue weighted by atomic mass is 35.7. The fourth-order valence-electron chi connectivity index (χ4n) is 2.57. The van der Waals surface area contributed by atoms with E-state index in [9.17, 15) is 13.2 Å². The van der Waals surface area contributed by atoms with Gasteiger partial charge in [0.1, 0.15) is 10.7 Å². The van der Waals surface area contributed by atoms with E-state index in [1.54, 1.807) is 4.90 Å². The molecule has 1 saturated heterocycles. The van der Waals surface area contributed by atoms with Crippen LogP contribution in [0.2, 0.25) is 0 Å². The molecule has 0 spiro atoms. The van der Waals surface area contributed by atoms with E-state index in [1.807, 2.05) is 0 Å². The topological polar surface area (TPSA) is 67.6 Å². The lowest BCUT2D eigenvalue weighted by molar-refractivity contribution is 0.0551. The highest BCUT2D eigenvalue weighted by Gasteiger charge is 2.32. The van der Waals surface area contributed by atoms with Gasteiger partial charge in [0, 0.05) is 29.8 Å². The summed E-state index contributed by atoms with van der Waals surface area (Å²) in [5.41, 5.74) is 0.0664. The molecule has 1 aliphatic rings. The molecule has 1 amide bonds. The van der Waals surface area contributed by atoms with Gasteiger partial charge >= 0.3 is 0 Å². The summed E-state index contributed by atoms with van der Waals surface area (Å²) in [6, 6.07) is 1.21. The van der Waals surface area contributed by atoms with Crippen molar-refractivity contribution in [2.24, 2.45) is 5.41 Å². The molecule has 0 unspecified atom stereocenters. The van der Waals surface area contributed by atoms with Crippen molar-refractivity contribution in [1.82, 2.24) is 4.90 Å². The van der Waals surface area contributed by atoms with Crippen LogP contribution in [0.3, 0.4) is 0 Å². The maximum Gasteiger partial charge on any atom is 0.289 e. The van der Waals surface area contributed by atoms with Crippen molar-refractivity contribution < 1.29 is 17.6 Å². The van der Waals surface area contributed by atoms with Gasteiger partial charge in [0.2, 0.25) is 0 Å². The maximum atomic E-state index is 12.4. The molecule has 0 radical (unpaired) electrons. The monoisotopic (exact) mass is 319 g/mol. The predicted molar refractivity (Wildman–Crippen MR) is 75.4 cm³/mol. The number of halogens is 1. The first kappa shape index (κ1) is 15.4. The second kappa shape index (κ2) is 5.07. The van der Waals surface area contributed by atoms with Crippen LogP contribution in [0.25, 0.3) is 0 Å². The molecule has 0 atom stereocenters. The van der Waals surface area contributed by atoms with Crippen LogP contribution < -0.4 is 0 Å². The minimum atomic E-state index is -3.89. The second-order valence-electron chi connectivity index (χ2n) is 5.96. The summed E-state index contributed by atoms with van der Waals surface area (Å²) in [4.78, 5) is 13.9. The van der Waals surface area contributed by atoms with Gasteiger partial charge in [-0.1, -0.05) is 13.8 Å². The molecule has 0 N–H and O–H groups in total. The van der Waals surface area contributed by atoms with E-state index < -0.39 is 9.05 Å². The van der Waals surface area contributed by atoms with Crippen LogP contribution in [0.5, 0.6) is 0 Å². The Hall–Kier alpha value is -1.01. The van der Waals surface area contributed by atoms with Crippen molar-refractivity contribution in [2.75, 3.05) is 13.1 Å². The fraction of sp³-hybridized carbons (Fsp3) is 0.615.